The molecule has 1 atom stereocenters. The maximum absolute atomic E-state index is 13.9. The molecular weight excluding hydrogens is 255 g/mol. The van der Waals surface area contributed by atoms with Crippen LogP contribution in [0, 0.1) is 0 Å². The Balaban J connectivity index is 2.05. The Morgan fingerprint density at radius 1 is 1.15 bits per heavy atom. The molecule has 20 heavy (non-hydrogen) atoms. The van der Waals surface area contributed by atoms with E-state index < -0.39 is 11.9 Å². The highest BCUT2D eigenvalue weighted by molar-refractivity contribution is 5.53. The quantitative estimate of drug-likeness (QED) is 0.901. The Hall–Kier alpha value is -2.13. The molecule has 2 nitrogen and oxygen atoms in total. The second kappa shape index (κ2) is 6.87. The van der Waals surface area contributed by atoms with E-state index in [9.17, 15) is 9.50 Å². The van der Waals surface area contributed by atoms with Crippen molar-refractivity contribution in [3.63, 3.8) is 0 Å². The third-order valence-electron chi connectivity index (χ3n) is 3.01. The first-order chi connectivity index (χ1) is 9.69. The van der Waals surface area contributed by atoms with Crippen LogP contribution in [0.1, 0.15) is 11.1 Å². The zero-order valence-corrected chi connectivity index (χ0v) is 11.3. The number of methoxy groups -OCH3 is 1. The Bertz CT molecular complexity index is 561. The molecule has 104 valence electrons. The lowest BCUT2D eigenvalue weighted by atomic mass is 10.1. The van der Waals surface area contributed by atoms with Gasteiger partial charge in [-0.3, -0.25) is 0 Å². The second-order valence-electron chi connectivity index (χ2n) is 4.51. The molecule has 1 N–H and O–H groups in total. The molecule has 1 unspecified atom stereocenters. The highest BCUT2D eigenvalue weighted by Crippen LogP contribution is 2.17. The van der Waals surface area contributed by atoms with E-state index in [-0.39, 0.29) is 6.42 Å². The van der Waals surface area contributed by atoms with Gasteiger partial charge in [0.1, 0.15) is 17.7 Å². The molecule has 2 rings (SSSR count). The summed E-state index contributed by atoms with van der Waals surface area (Å²) >= 11 is 0. The molecule has 0 spiro atoms. The summed E-state index contributed by atoms with van der Waals surface area (Å²) in [5.74, 6) is 0.173. The minimum absolute atomic E-state index is 0.263. The number of rotatable bonds is 5. The minimum Gasteiger partial charge on any atom is -0.497 e. The van der Waals surface area contributed by atoms with E-state index in [2.05, 4.69) is 0 Å². The number of halogens is 1. The molecule has 0 fully saturated rings. The minimum atomic E-state index is -1.13. The molecule has 0 amide bonds. The van der Waals surface area contributed by atoms with Crippen molar-refractivity contribution in [3.8, 4) is 5.75 Å². The lowest BCUT2D eigenvalue weighted by molar-refractivity contribution is 0.184. The van der Waals surface area contributed by atoms with Crippen LogP contribution in [0.4, 0.5) is 4.39 Å². The first kappa shape index (κ1) is 14.3. The fourth-order valence-corrected chi connectivity index (χ4v) is 1.89. The molecule has 2 aromatic rings. The summed E-state index contributed by atoms with van der Waals surface area (Å²) in [6.45, 7) is 0. The molecule has 0 aliphatic rings. The molecule has 0 saturated heterocycles. The van der Waals surface area contributed by atoms with E-state index in [0.29, 0.717) is 11.3 Å². The molecule has 0 heterocycles. The summed E-state index contributed by atoms with van der Waals surface area (Å²) in [6.07, 6.45) is 0.478. The van der Waals surface area contributed by atoms with Crippen LogP contribution < -0.4 is 4.74 Å². The van der Waals surface area contributed by atoms with E-state index in [0.717, 1.165) is 5.56 Å². The van der Waals surface area contributed by atoms with Crippen molar-refractivity contribution in [2.75, 3.05) is 7.11 Å². The molecule has 3 heteroatoms. The molecule has 0 aliphatic heterocycles. The van der Waals surface area contributed by atoms with E-state index >= 15 is 0 Å². The Kier molecular flexibility index (Phi) is 4.91. The molecule has 0 bridgehead atoms. The topological polar surface area (TPSA) is 29.5 Å². The van der Waals surface area contributed by atoms with Crippen LogP contribution in [0.3, 0.4) is 0 Å². The highest BCUT2D eigenvalue weighted by Gasteiger charge is 2.11. The van der Waals surface area contributed by atoms with Crippen LogP contribution in [0.5, 0.6) is 5.75 Å². The summed E-state index contributed by atoms with van der Waals surface area (Å²) in [7, 11) is 1.58. The van der Waals surface area contributed by atoms with Crippen molar-refractivity contribution in [3.05, 3.63) is 71.6 Å². The Morgan fingerprint density at radius 2 is 1.80 bits per heavy atom. The van der Waals surface area contributed by atoms with Gasteiger partial charge in [-0.2, -0.15) is 0 Å². The van der Waals surface area contributed by atoms with Crippen molar-refractivity contribution < 1.29 is 14.2 Å². The van der Waals surface area contributed by atoms with Gasteiger partial charge in [0, 0.05) is 6.42 Å². The van der Waals surface area contributed by atoms with Crippen molar-refractivity contribution in [1.82, 2.24) is 0 Å². The SMILES string of the molecule is COc1ccc(/C=C(\F)C(O)Cc2ccccc2)cc1. The van der Waals surface area contributed by atoms with Crippen LogP contribution >= 0.6 is 0 Å². The molecule has 2 aromatic carbocycles. The lowest BCUT2D eigenvalue weighted by Crippen LogP contribution is -2.10. The Morgan fingerprint density at radius 3 is 2.40 bits per heavy atom. The molecular formula is C17H17FO2. The average Bonchev–Trinajstić information content (AvgIpc) is 2.49. The highest BCUT2D eigenvalue weighted by atomic mass is 19.1. The average molecular weight is 272 g/mol. The third-order valence-corrected chi connectivity index (χ3v) is 3.01. The van der Waals surface area contributed by atoms with Crippen LogP contribution in [0.25, 0.3) is 6.08 Å². The second-order valence-corrected chi connectivity index (χ2v) is 4.51. The summed E-state index contributed by atoms with van der Waals surface area (Å²) < 4.78 is 19.0. The van der Waals surface area contributed by atoms with Gasteiger partial charge in [0.05, 0.1) is 7.11 Å². The largest absolute Gasteiger partial charge is 0.497 e. The predicted octanol–water partition coefficient (Wildman–Crippen LogP) is 3.61. The van der Waals surface area contributed by atoms with Gasteiger partial charge in [0.2, 0.25) is 0 Å². The van der Waals surface area contributed by atoms with E-state index in [1.807, 2.05) is 30.3 Å². The van der Waals surface area contributed by atoms with E-state index in [1.54, 1.807) is 31.4 Å². The monoisotopic (exact) mass is 272 g/mol. The number of aliphatic hydroxyl groups is 1. The van der Waals surface area contributed by atoms with Crippen molar-refractivity contribution in [2.24, 2.45) is 0 Å². The zero-order valence-electron chi connectivity index (χ0n) is 11.3. The van der Waals surface area contributed by atoms with E-state index in [4.69, 9.17) is 4.74 Å². The van der Waals surface area contributed by atoms with Crippen LogP contribution in [-0.2, 0) is 6.42 Å². The molecule has 0 aliphatic carbocycles. The fourth-order valence-electron chi connectivity index (χ4n) is 1.89. The maximum atomic E-state index is 13.9. The maximum Gasteiger partial charge on any atom is 0.129 e. The van der Waals surface area contributed by atoms with Gasteiger partial charge in [0.15, 0.2) is 0 Å². The lowest BCUT2D eigenvalue weighted by Gasteiger charge is -2.08. The summed E-state index contributed by atoms with van der Waals surface area (Å²) in [4.78, 5) is 0. The molecule has 0 radical (unpaired) electrons. The van der Waals surface area contributed by atoms with Gasteiger partial charge in [-0.15, -0.1) is 0 Å². The van der Waals surface area contributed by atoms with Crippen molar-refractivity contribution in [2.45, 2.75) is 12.5 Å². The van der Waals surface area contributed by atoms with Crippen molar-refractivity contribution >= 4 is 6.08 Å². The van der Waals surface area contributed by atoms with Gasteiger partial charge >= 0.3 is 0 Å². The standard InChI is InChI=1S/C17H17FO2/c1-20-15-9-7-14(8-10-15)11-16(18)17(19)12-13-5-3-2-4-6-13/h2-11,17,19H,12H2,1H3/b16-11-. The fraction of sp³-hybridized carbons (Fsp3) is 0.176. The number of aliphatic hydroxyl groups excluding tert-OH is 1. The normalized spacial score (nSPS) is 13.1. The van der Waals surface area contributed by atoms with E-state index in [1.165, 1.54) is 6.08 Å². The van der Waals surface area contributed by atoms with Gasteiger partial charge in [-0.25, -0.2) is 4.39 Å². The van der Waals surface area contributed by atoms with Gasteiger partial charge in [0.25, 0.3) is 0 Å². The van der Waals surface area contributed by atoms with Gasteiger partial charge in [-0.05, 0) is 29.3 Å². The zero-order chi connectivity index (χ0) is 14.4. The predicted molar refractivity (Wildman–Crippen MR) is 78.2 cm³/mol. The van der Waals surface area contributed by atoms with Gasteiger partial charge in [-0.1, -0.05) is 42.5 Å². The van der Waals surface area contributed by atoms with Crippen LogP contribution in [0.2, 0.25) is 0 Å². The number of hydrogen-bond acceptors (Lipinski definition) is 2. The molecule has 0 aromatic heterocycles. The number of benzene rings is 2. The Labute approximate surface area is 118 Å². The summed E-state index contributed by atoms with van der Waals surface area (Å²) in [6, 6.07) is 16.3. The summed E-state index contributed by atoms with van der Waals surface area (Å²) in [5, 5.41) is 9.87. The number of hydrogen-bond donors (Lipinski definition) is 1. The first-order valence-electron chi connectivity index (χ1n) is 6.42. The van der Waals surface area contributed by atoms with Crippen molar-refractivity contribution in [1.29, 1.82) is 0 Å². The van der Waals surface area contributed by atoms with Gasteiger partial charge < -0.3 is 9.84 Å². The first-order valence-corrected chi connectivity index (χ1v) is 6.42. The smallest absolute Gasteiger partial charge is 0.129 e. The van der Waals surface area contributed by atoms with Crippen LogP contribution in [0.15, 0.2) is 60.4 Å². The molecule has 0 saturated carbocycles. The number of ether oxygens (including phenoxy) is 1. The van der Waals surface area contributed by atoms with Crippen LogP contribution in [-0.4, -0.2) is 18.3 Å². The third kappa shape index (κ3) is 3.93. The summed E-state index contributed by atoms with van der Waals surface area (Å²) in [5.41, 5.74) is 1.59.